The Morgan fingerprint density at radius 3 is 2.81 bits per heavy atom. The van der Waals surface area contributed by atoms with Crippen LogP contribution in [0.15, 0.2) is 24.3 Å². The largest absolute Gasteiger partial charge is 0.481 e. The van der Waals surface area contributed by atoms with Crippen molar-refractivity contribution in [2.75, 3.05) is 0 Å². The highest BCUT2D eigenvalue weighted by Crippen LogP contribution is 2.28. The first-order valence-electron chi connectivity index (χ1n) is 6.04. The van der Waals surface area contributed by atoms with Gasteiger partial charge in [-0.3, -0.25) is 4.79 Å². The number of fused-ring (bicyclic) bond motifs is 1. The molecule has 1 aliphatic carbocycles. The predicted molar refractivity (Wildman–Crippen MR) is 63.4 cm³/mol. The zero-order valence-corrected chi connectivity index (χ0v) is 9.48. The van der Waals surface area contributed by atoms with Crippen LogP contribution >= 0.6 is 0 Å². The van der Waals surface area contributed by atoms with Crippen LogP contribution in [0, 0.1) is 5.92 Å². The van der Waals surface area contributed by atoms with E-state index in [1.165, 1.54) is 17.5 Å². The summed E-state index contributed by atoms with van der Waals surface area (Å²) in [6, 6.07) is 8.61. The molecule has 0 heterocycles. The summed E-state index contributed by atoms with van der Waals surface area (Å²) >= 11 is 0. The molecule has 1 N–H and O–H groups in total. The van der Waals surface area contributed by atoms with E-state index in [4.69, 9.17) is 5.11 Å². The maximum Gasteiger partial charge on any atom is 0.303 e. The molecule has 86 valence electrons. The van der Waals surface area contributed by atoms with Gasteiger partial charge < -0.3 is 5.11 Å². The minimum absolute atomic E-state index is 0.318. The van der Waals surface area contributed by atoms with Gasteiger partial charge in [0.1, 0.15) is 0 Å². The number of aliphatic carboxylic acids is 1. The summed E-state index contributed by atoms with van der Waals surface area (Å²) < 4.78 is 0. The summed E-state index contributed by atoms with van der Waals surface area (Å²) in [5, 5.41) is 8.60. The van der Waals surface area contributed by atoms with E-state index in [0.29, 0.717) is 12.3 Å². The number of carboxylic acid groups (broad SMARTS) is 1. The molecule has 0 bridgehead atoms. The van der Waals surface area contributed by atoms with Crippen LogP contribution in [0.3, 0.4) is 0 Å². The van der Waals surface area contributed by atoms with E-state index in [2.05, 4.69) is 24.3 Å². The molecule has 1 aliphatic rings. The van der Waals surface area contributed by atoms with E-state index in [-0.39, 0.29) is 0 Å². The molecule has 0 saturated carbocycles. The molecule has 1 aromatic rings. The lowest BCUT2D eigenvalue weighted by Gasteiger charge is -2.24. The van der Waals surface area contributed by atoms with Crippen molar-refractivity contribution in [3.05, 3.63) is 35.4 Å². The average Bonchev–Trinajstić information content (AvgIpc) is 2.28. The predicted octanol–water partition coefficient (Wildman–Crippen LogP) is 3.05. The molecule has 0 saturated heterocycles. The second-order valence-electron chi connectivity index (χ2n) is 4.66. The number of hydrogen-bond acceptors (Lipinski definition) is 1. The molecule has 2 heteroatoms. The lowest BCUT2D eigenvalue weighted by molar-refractivity contribution is -0.137. The van der Waals surface area contributed by atoms with E-state index >= 15 is 0 Å². The molecule has 0 aromatic heterocycles. The van der Waals surface area contributed by atoms with Gasteiger partial charge in [-0.05, 0) is 49.1 Å². The maximum atomic E-state index is 10.4. The van der Waals surface area contributed by atoms with Crippen LogP contribution in [-0.2, 0) is 17.6 Å². The van der Waals surface area contributed by atoms with Crippen LogP contribution in [-0.4, -0.2) is 11.1 Å². The van der Waals surface area contributed by atoms with Gasteiger partial charge in [0, 0.05) is 6.42 Å². The van der Waals surface area contributed by atoms with Crippen LogP contribution in [0.1, 0.15) is 36.8 Å². The van der Waals surface area contributed by atoms with Crippen LogP contribution in [0.5, 0.6) is 0 Å². The topological polar surface area (TPSA) is 37.3 Å². The summed E-state index contributed by atoms with van der Waals surface area (Å²) in [5.41, 5.74) is 2.95. The Labute approximate surface area is 96.3 Å². The van der Waals surface area contributed by atoms with Crippen LogP contribution in [0.2, 0.25) is 0 Å². The van der Waals surface area contributed by atoms with Gasteiger partial charge in [-0.15, -0.1) is 0 Å². The minimum atomic E-state index is -0.670. The SMILES string of the molecule is O=C(O)CCCC1CCc2ccccc2C1. The lowest BCUT2D eigenvalue weighted by Crippen LogP contribution is -2.14. The van der Waals surface area contributed by atoms with Gasteiger partial charge in [-0.2, -0.15) is 0 Å². The number of carbonyl (C=O) groups is 1. The van der Waals surface area contributed by atoms with Gasteiger partial charge in [-0.25, -0.2) is 0 Å². The standard InChI is InChI=1S/C14H18O2/c15-14(16)7-3-4-11-8-9-12-5-1-2-6-13(12)10-11/h1-2,5-6,11H,3-4,7-10H2,(H,15,16). The molecule has 2 rings (SSSR count). The van der Waals surface area contributed by atoms with E-state index in [9.17, 15) is 4.79 Å². The molecule has 0 amide bonds. The fourth-order valence-corrected chi connectivity index (χ4v) is 2.56. The molecule has 2 nitrogen and oxygen atoms in total. The van der Waals surface area contributed by atoms with Crippen LogP contribution < -0.4 is 0 Å². The highest BCUT2D eigenvalue weighted by Gasteiger charge is 2.17. The fraction of sp³-hybridized carbons (Fsp3) is 0.500. The van der Waals surface area contributed by atoms with Crippen LogP contribution in [0.4, 0.5) is 0 Å². The first kappa shape index (κ1) is 11.2. The van der Waals surface area contributed by atoms with Gasteiger partial charge in [-0.1, -0.05) is 24.3 Å². The summed E-state index contributed by atoms with van der Waals surface area (Å²) in [5.74, 6) is 0.0189. The molecule has 1 atom stereocenters. The van der Waals surface area contributed by atoms with Crippen molar-refractivity contribution in [1.82, 2.24) is 0 Å². The Morgan fingerprint density at radius 2 is 2.06 bits per heavy atom. The first-order valence-corrected chi connectivity index (χ1v) is 6.04. The molecule has 0 aliphatic heterocycles. The highest BCUT2D eigenvalue weighted by molar-refractivity contribution is 5.66. The summed E-state index contributed by atoms with van der Waals surface area (Å²) in [7, 11) is 0. The number of rotatable bonds is 4. The maximum absolute atomic E-state index is 10.4. The molecule has 0 fully saturated rings. The third kappa shape index (κ3) is 2.84. The summed E-state index contributed by atoms with van der Waals surface area (Å²) in [6.07, 6.45) is 5.71. The van der Waals surface area contributed by atoms with E-state index in [0.717, 1.165) is 25.7 Å². The normalized spacial score (nSPS) is 19.1. The monoisotopic (exact) mass is 218 g/mol. The Bertz CT molecular complexity index is 371. The molecule has 16 heavy (non-hydrogen) atoms. The zero-order chi connectivity index (χ0) is 11.4. The molecule has 1 aromatic carbocycles. The Balaban J connectivity index is 1.86. The van der Waals surface area contributed by atoms with Gasteiger partial charge in [0.25, 0.3) is 0 Å². The molecule has 0 spiro atoms. The minimum Gasteiger partial charge on any atom is -0.481 e. The van der Waals surface area contributed by atoms with Crippen LogP contribution in [0.25, 0.3) is 0 Å². The molecular weight excluding hydrogens is 200 g/mol. The van der Waals surface area contributed by atoms with E-state index < -0.39 is 5.97 Å². The van der Waals surface area contributed by atoms with Crippen molar-refractivity contribution in [2.24, 2.45) is 5.92 Å². The Kier molecular flexibility index (Phi) is 3.60. The average molecular weight is 218 g/mol. The van der Waals surface area contributed by atoms with Gasteiger partial charge >= 0.3 is 5.97 Å². The van der Waals surface area contributed by atoms with Crippen molar-refractivity contribution in [3.8, 4) is 0 Å². The van der Waals surface area contributed by atoms with Crippen molar-refractivity contribution in [2.45, 2.75) is 38.5 Å². The van der Waals surface area contributed by atoms with Crippen molar-refractivity contribution in [1.29, 1.82) is 0 Å². The second-order valence-corrected chi connectivity index (χ2v) is 4.66. The lowest BCUT2D eigenvalue weighted by atomic mass is 9.81. The molecule has 0 radical (unpaired) electrons. The smallest absolute Gasteiger partial charge is 0.303 e. The number of benzene rings is 1. The van der Waals surface area contributed by atoms with E-state index in [1.807, 2.05) is 0 Å². The number of carboxylic acids is 1. The third-order valence-electron chi connectivity index (χ3n) is 3.45. The summed E-state index contributed by atoms with van der Waals surface area (Å²) in [4.78, 5) is 10.4. The first-order chi connectivity index (χ1) is 7.75. The van der Waals surface area contributed by atoms with Gasteiger partial charge in [0.2, 0.25) is 0 Å². The van der Waals surface area contributed by atoms with Crippen molar-refractivity contribution in [3.63, 3.8) is 0 Å². The van der Waals surface area contributed by atoms with Gasteiger partial charge in [0.05, 0.1) is 0 Å². The number of aryl methyl sites for hydroxylation is 1. The van der Waals surface area contributed by atoms with E-state index in [1.54, 1.807) is 0 Å². The molecular formula is C14H18O2. The zero-order valence-electron chi connectivity index (χ0n) is 9.48. The third-order valence-corrected chi connectivity index (χ3v) is 3.45. The fourth-order valence-electron chi connectivity index (χ4n) is 2.56. The number of hydrogen-bond donors (Lipinski definition) is 1. The second kappa shape index (κ2) is 5.15. The summed E-state index contributed by atoms with van der Waals surface area (Å²) in [6.45, 7) is 0. The highest BCUT2D eigenvalue weighted by atomic mass is 16.4. The van der Waals surface area contributed by atoms with Crippen molar-refractivity contribution >= 4 is 5.97 Å². The Morgan fingerprint density at radius 1 is 1.31 bits per heavy atom. The Hall–Kier alpha value is -1.31. The van der Waals surface area contributed by atoms with Gasteiger partial charge in [0.15, 0.2) is 0 Å². The quantitative estimate of drug-likeness (QED) is 0.843. The molecule has 1 unspecified atom stereocenters. The van der Waals surface area contributed by atoms with Crippen molar-refractivity contribution < 1.29 is 9.90 Å².